The van der Waals surface area contributed by atoms with Gasteiger partial charge in [-0.15, -0.1) is 22.1 Å². The number of nitrogens with zero attached hydrogens (tertiary/aromatic N) is 4. The van der Waals surface area contributed by atoms with E-state index >= 15 is 0 Å². The van der Waals surface area contributed by atoms with Gasteiger partial charge in [0.05, 0.1) is 29.9 Å². The van der Waals surface area contributed by atoms with Crippen LogP contribution in [0.1, 0.15) is 78.1 Å². The molecule has 234 valence electrons. The second kappa shape index (κ2) is 11.6. The van der Waals surface area contributed by atoms with Gasteiger partial charge in [0.2, 0.25) is 0 Å². The molecular weight excluding hydrogens is 612 g/mol. The summed E-state index contributed by atoms with van der Waals surface area (Å²) < 4.78 is 10.8. The van der Waals surface area contributed by atoms with Gasteiger partial charge in [0.25, 0.3) is 0 Å². The predicted molar refractivity (Wildman–Crippen MR) is 168 cm³/mol. The molecule has 0 unspecified atom stereocenters. The van der Waals surface area contributed by atoms with Crippen LogP contribution in [0.5, 0.6) is 0 Å². The Labute approximate surface area is 272 Å². The van der Waals surface area contributed by atoms with E-state index in [9.17, 15) is 14.7 Å². The van der Waals surface area contributed by atoms with Crippen LogP contribution in [0.15, 0.2) is 43.5 Å². The first kappa shape index (κ1) is 32.2. The van der Waals surface area contributed by atoms with Gasteiger partial charge in [-0.3, -0.25) is 14.6 Å². The molecule has 6 heterocycles. The first-order valence-corrected chi connectivity index (χ1v) is 14.6. The van der Waals surface area contributed by atoms with Crippen molar-refractivity contribution >= 4 is 51.2 Å². The largest absolute Gasteiger partial charge is 0.657 e. The van der Waals surface area contributed by atoms with Gasteiger partial charge >= 0.3 is 11.9 Å². The first-order valence-electron chi connectivity index (χ1n) is 14.6. The zero-order valence-corrected chi connectivity index (χ0v) is 27.0. The van der Waals surface area contributed by atoms with Crippen molar-refractivity contribution in [2.75, 3.05) is 7.11 Å². The van der Waals surface area contributed by atoms with Crippen molar-refractivity contribution in [3.05, 3.63) is 88.5 Å². The summed E-state index contributed by atoms with van der Waals surface area (Å²) in [7, 11) is 1.36. The van der Waals surface area contributed by atoms with Crippen molar-refractivity contribution in [3.63, 3.8) is 0 Å². The second-order valence-corrected chi connectivity index (χ2v) is 11.6. The summed E-state index contributed by atoms with van der Waals surface area (Å²) in [4.78, 5) is 44.5. The number of hydrogen-bond acceptors (Lipinski definition) is 7. The predicted octanol–water partition coefficient (Wildman–Crippen LogP) is 5.49. The molecule has 3 aliphatic heterocycles. The summed E-state index contributed by atoms with van der Waals surface area (Å²) in [6.07, 6.45) is 4.42. The van der Waals surface area contributed by atoms with Gasteiger partial charge < -0.3 is 24.5 Å². The maximum absolute atomic E-state index is 12.6. The molecule has 1 N–H and O–H groups in total. The number of hydrogen-bond donors (Lipinski definition) is 1. The number of allylic oxidation sites excluding steroid dienone is 3. The average molecular weight is 647 g/mol. The standard InChI is InChI=1S/C35H34N4O5.Fe/c1-8-21-18(3)24-14-25-20(5)23(10-11-32(40)43-7)29(38-25)17-31-35(13-12-33(41)44-35)34(6,42)30(39-31)16-28-22(9-2)19(4)26(37-28)15-27(21)36-24;/h8-9,14-17,42H,1-2,10-13H2,3-7H3;/q-2;/t34-,35+;/m0./s1. The van der Waals surface area contributed by atoms with Crippen molar-refractivity contribution in [3.8, 4) is 0 Å². The summed E-state index contributed by atoms with van der Waals surface area (Å²) in [6, 6.07) is 7.34. The van der Waals surface area contributed by atoms with E-state index in [1.807, 2.05) is 32.9 Å². The third-order valence-corrected chi connectivity index (χ3v) is 9.21. The molecule has 1 spiro atoms. The van der Waals surface area contributed by atoms with Gasteiger partial charge in [0.15, 0.2) is 5.60 Å². The van der Waals surface area contributed by atoms with E-state index in [1.54, 1.807) is 31.2 Å². The zero-order chi connectivity index (χ0) is 31.6. The third-order valence-electron chi connectivity index (χ3n) is 9.21. The number of esters is 2. The van der Waals surface area contributed by atoms with Crippen molar-refractivity contribution in [2.45, 2.75) is 64.6 Å². The van der Waals surface area contributed by atoms with Crippen LogP contribution in [0.3, 0.4) is 0 Å². The number of ether oxygens (including phenoxy) is 2. The number of fused-ring (bicyclic) bond motifs is 9. The minimum absolute atomic E-state index is 0. The van der Waals surface area contributed by atoms with E-state index in [-0.39, 0.29) is 42.3 Å². The minimum Gasteiger partial charge on any atom is -0.657 e. The van der Waals surface area contributed by atoms with Crippen LogP contribution < -0.4 is 9.97 Å². The average Bonchev–Trinajstić information content (AvgIpc) is 3.73. The fourth-order valence-electron chi connectivity index (χ4n) is 6.48. The summed E-state index contributed by atoms with van der Waals surface area (Å²) in [5, 5.41) is 12.1. The molecule has 6 rings (SSSR count). The van der Waals surface area contributed by atoms with Gasteiger partial charge in [0.1, 0.15) is 5.60 Å². The Kier molecular flexibility index (Phi) is 8.29. The van der Waals surface area contributed by atoms with Gasteiger partial charge in [-0.2, -0.15) is 0 Å². The molecular formula is C35H34FeN4O5-2. The van der Waals surface area contributed by atoms with Crippen LogP contribution >= 0.6 is 0 Å². The normalized spacial score (nSPS) is 20.6. The van der Waals surface area contributed by atoms with Crippen LogP contribution in [0.2, 0.25) is 0 Å². The molecule has 0 aliphatic carbocycles. The van der Waals surface area contributed by atoms with E-state index in [4.69, 9.17) is 29.4 Å². The Morgan fingerprint density at radius 1 is 1.00 bits per heavy atom. The summed E-state index contributed by atoms with van der Waals surface area (Å²) in [5.41, 5.74) is 6.86. The number of aryl methyl sites for hydroxylation is 3. The van der Waals surface area contributed by atoms with E-state index in [1.165, 1.54) is 7.11 Å². The molecule has 0 amide bonds. The van der Waals surface area contributed by atoms with Gasteiger partial charge in [-0.1, -0.05) is 66.3 Å². The van der Waals surface area contributed by atoms with Gasteiger partial charge in [-0.05, 0) is 45.3 Å². The third kappa shape index (κ3) is 4.97. The van der Waals surface area contributed by atoms with Crippen molar-refractivity contribution in [1.82, 2.24) is 19.9 Å². The molecule has 0 aromatic carbocycles. The van der Waals surface area contributed by atoms with Crippen LogP contribution in [-0.4, -0.2) is 34.1 Å². The molecule has 1 saturated heterocycles. The summed E-state index contributed by atoms with van der Waals surface area (Å²) >= 11 is 0. The van der Waals surface area contributed by atoms with Gasteiger partial charge in [0, 0.05) is 41.9 Å². The van der Waals surface area contributed by atoms with Crippen LogP contribution in [0, 0.1) is 13.8 Å². The number of carbonyl (C=O) groups excluding carboxylic acids is 2. The van der Waals surface area contributed by atoms with Crippen LogP contribution in [-0.2, 0) is 53.8 Å². The number of rotatable bonds is 5. The van der Waals surface area contributed by atoms with Crippen LogP contribution in [0.25, 0.3) is 39.3 Å². The van der Waals surface area contributed by atoms with E-state index < -0.39 is 17.2 Å². The van der Waals surface area contributed by atoms with E-state index in [0.717, 1.165) is 44.8 Å². The molecule has 10 heteroatoms. The molecule has 3 aromatic heterocycles. The molecule has 8 bridgehead atoms. The molecule has 3 aromatic rings. The van der Waals surface area contributed by atoms with Crippen molar-refractivity contribution in [1.29, 1.82) is 0 Å². The minimum atomic E-state index is -1.66. The molecule has 1 fully saturated rings. The molecule has 3 aliphatic rings. The van der Waals surface area contributed by atoms with Crippen LogP contribution in [0.4, 0.5) is 0 Å². The van der Waals surface area contributed by atoms with Gasteiger partial charge in [-0.25, -0.2) is 4.98 Å². The Hall–Kier alpha value is -4.24. The Morgan fingerprint density at radius 3 is 2.31 bits per heavy atom. The SMILES string of the molecule is C=CC1=C(C)c2cc3[n-]c(cc4nc(cc5[n-]c(cc1n2)c(C)c5C=C)[C@](C)(O)[C@@]41CCC(=O)O1)c(CCC(=O)OC)c3C.[Fe]. The molecule has 0 saturated carbocycles. The smallest absolute Gasteiger partial charge is 0.307 e. The monoisotopic (exact) mass is 646 g/mol. The fourth-order valence-corrected chi connectivity index (χ4v) is 6.48. The fraction of sp³-hybridized carbons (Fsp3) is 0.314. The molecule has 9 nitrogen and oxygen atoms in total. The van der Waals surface area contributed by atoms with Crippen molar-refractivity contribution < 1.29 is 41.2 Å². The van der Waals surface area contributed by atoms with Crippen molar-refractivity contribution in [2.24, 2.45) is 0 Å². The number of aliphatic hydroxyl groups is 1. The first-order chi connectivity index (χ1) is 20.9. The number of aromatic nitrogens is 4. The maximum atomic E-state index is 12.6. The Balaban J connectivity index is 0.00000400. The summed E-state index contributed by atoms with van der Waals surface area (Å²) in [5.74, 6) is -0.755. The zero-order valence-electron chi connectivity index (χ0n) is 25.9. The second-order valence-electron chi connectivity index (χ2n) is 11.6. The number of methoxy groups -OCH3 is 1. The maximum Gasteiger partial charge on any atom is 0.307 e. The molecule has 45 heavy (non-hydrogen) atoms. The Bertz CT molecular complexity index is 1980. The summed E-state index contributed by atoms with van der Waals surface area (Å²) in [6.45, 7) is 15.6. The quantitative estimate of drug-likeness (QED) is 0.283. The molecule has 0 radical (unpaired) electrons. The van der Waals surface area contributed by atoms with E-state index in [2.05, 4.69) is 13.2 Å². The van der Waals surface area contributed by atoms with E-state index in [0.29, 0.717) is 39.9 Å². The number of carbonyl (C=O) groups is 2. The Morgan fingerprint density at radius 2 is 1.67 bits per heavy atom. The molecule has 2 atom stereocenters. The topological polar surface area (TPSA) is 127 Å².